The first-order chi connectivity index (χ1) is 13.5. The van der Waals surface area contributed by atoms with Gasteiger partial charge >= 0.3 is 11.9 Å². The lowest BCUT2D eigenvalue weighted by atomic mass is 9.64. The van der Waals surface area contributed by atoms with Crippen LogP contribution in [-0.2, 0) is 29.3 Å². The average molecular weight is 382 g/mol. The minimum atomic E-state index is -1.68. The molecular weight excluding hydrogens is 360 g/mol. The smallest absolute Gasteiger partial charge is 0.339 e. The number of allylic oxidation sites excluding steroid dienone is 1. The van der Waals surface area contributed by atoms with Gasteiger partial charge in [0, 0.05) is 24.1 Å². The maximum absolute atomic E-state index is 13.3. The largest absolute Gasteiger partial charge is 0.462 e. The lowest BCUT2D eigenvalue weighted by molar-refractivity contribution is -0.146. The summed E-state index contributed by atoms with van der Waals surface area (Å²) in [4.78, 5) is 39.2. The Morgan fingerprint density at radius 3 is 2.86 bits per heavy atom. The molecule has 3 N–H and O–H groups in total. The Morgan fingerprint density at radius 2 is 2.07 bits per heavy atom. The predicted molar refractivity (Wildman–Crippen MR) is 101 cm³/mol. The fraction of sp³-hybridized carbons (Fsp3) is 0.381. The Bertz CT molecular complexity index is 946. The molecule has 2 heterocycles. The van der Waals surface area contributed by atoms with Crippen LogP contribution < -0.4 is 11.1 Å². The molecule has 4 rings (SSSR count). The van der Waals surface area contributed by atoms with E-state index in [2.05, 4.69) is 5.32 Å². The van der Waals surface area contributed by atoms with Crippen molar-refractivity contribution in [3.05, 3.63) is 52.6 Å². The van der Waals surface area contributed by atoms with Gasteiger partial charge in [0.15, 0.2) is 11.2 Å². The number of hydrogen-bond donors (Lipinski definition) is 2. The lowest BCUT2D eigenvalue weighted by Gasteiger charge is -2.36. The first kappa shape index (κ1) is 18.3. The Morgan fingerprint density at radius 1 is 1.29 bits per heavy atom. The van der Waals surface area contributed by atoms with Gasteiger partial charge in [-0.25, -0.2) is 9.59 Å². The highest BCUT2D eigenvalue weighted by Crippen LogP contribution is 2.54. The van der Waals surface area contributed by atoms with Crippen molar-refractivity contribution in [3.8, 4) is 0 Å². The zero-order valence-electron chi connectivity index (χ0n) is 15.7. The molecule has 7 heteroatoms. The van der Waals surface area contributed by atoms with E-state index in [0.29, 0.717) is 42.7 Å². The van der Waals surface area contributed by atoms with Crippen LogP contribution in [0, 0.1) is 0 Å². The SMILES string of the molecule is CCCCOC(=O)C1=C(N)Nc2ccccc2[C@@]12C(=O)OC1=C2C(=O)CCC1. The second-order valence-corrected chi connectivity index (χ2v) is 7.16. The molecule has 0 saturated carbocycles. The standard InChI is InChI=1S/C21H22N2O5/c1-2-3-11-27-19(25)17-18(22)23-13-8-5-4-7-12(13)21(17)16-14(24)9-6-10-15(16)28-20(21)26/h4-5,7-8,23H,2-3,6,9-11,22H2,1H3/t21-/m0/s1. The van der Waals surface area contributed by atoms with Crippen LogP contribution in [0.5, 0.6) is 0 Å². The topological polar surface area (TPSA) is 108 Å². The van der Waals surface area contributed by atoms with Gasteiger partial charge in [0.25, 0.3) is 0 Å². The highest BCUT2D eigenvalue weighted by molar-refractivity contribution is 6.17. The van der Waals surface area contributed by atoms with Gasteiger partial charge in [0.05, 0.1) is 12.2 Å². The molecular formula is C21H22N2O5. The van der Waals surface area contributed by atoms with Gasteiger partial charge in [-0.05, 0) is 18.9 Å². The van der Waals surface area contributed by atoms with Crippen molar-refractivity contribution in [2.45, 2.75) is 44.4 Å². The second-order valence-electron chi connectivity index (χ2n) is 7.16. The molecule has 1 aromatic carbocycles. The third kappa shape index (κ3) is 2.46. The molecule has 1 spiro atoms. The Kier molecular flexibility index (Phi) is 4.45. The Labute approximate surface area is 162 Å². The number of unbranched alkanes of at least 4 members (excludes halogenated alkanes) is 1. The molecule has 146 valence electrons. The lowest BCUT2D eigenvalue weighted by Crippen LogP contribution is -2.47. The molecule has 0 saturated heterocycles. The maximum atomic E-state index is 13.3. The summed E-state index contributed by atoms with van der Waals surface area (Å²) >= 11 is 0. The summed E-state index contributed by atoms with van der Waals surface area (Å²) in [5.74, 6) is -1.24. The van der Waals surface area contributed by atoms with Crippen LogP contribution in [0.25, 0.3) is 0 Å². The number of carbonyl (C=O) groups excluding carboxylic acids is 3. The number of benzene rings is 1. The molecule has 28 heavy (non-hydrogen) atoms. The number of ketones is 1. The van der Waals surface area contributed by atoms with Gasteiger partial charge in [-0.15, -0.1) is 0 Å². The molecule has 0 aromatic heterocycles. The van der Waals surface area contributed by atoms with Crippen LogP contribution in [0.1, 0.15) is 44.6 Å². The number of para-hydroxylation sites is 1. The number of ether oxygens (including phenoxy) is 2. The minimum Gasteiger partial charge on any atom is -0.462 e. The molecule has 0 bridgehead atoms. The van der Waals surface area contributed by atoms with Gasteiger partial charge < -0.3 is 20.5 Å². The monoisotopic (exact) mass is 382 g/mol. The number of fused-ring (bicyclic) bond motifs is 3. The summed E-state index contributed by atoms with van der Waals surface area (Å²) in [5, 5.41) is 2.98. The molecule has 0 radical (unpaired) electrons. The Hall–Kier alpha value is -3.09. The van der Waals surface area contributed by atoms with Crippen molar-refractivity contribution < 1.29 is 23.9 Å². The van der Waals surface area contributed by atoms with Gasteiger partial charge in [-0.1, -0.05) is 31.5 Å². The van der Waals surface area contributed by atoms with Gasteiger partial charge in [-0.3, -0.25) is 4.79 Å². The summed E-state index contributed by atoms with van der Waals surface area (Å²) in [6.07, 6.45) is 2.92. The van der Waals surface area contributed by atoms with E-state index < -0.39 is 17.4 Å². The number of hydrogen-bond acceptors (Lipinski definition) is 7. The van der Waals surface area contributed by atoms with Crippen molar-refractivity contribution >= 4 is 23.4 Å². The highest BCUT2D eigenvalue weighted by atomic mass is 16.5. The zero-order valence-corrected chi connectivity index (χ0v) is 15.7. The van der Waals surface area contributed by atoms with Crippen molar-refractivity contribution in [3.63, 3.8) is 0 Å². The fourth-order valence-electron chi connectivity index (χ4n) is 4.21. The van der Waals surface area contributed by atoms with Gasteiger partial charge in [0.2, 0.25) is 0 Å². The fourth-order valence-corrected chi connectivity index (χ4v) is 4.21. The first-order valence-electron chi connectivity index (χ1n) is 9.54. The summed E-state index contributed by atoms with van der Waals surface area (Å²) < 4.78 is 10.9. The maximum Gasteiger partial charge on any atom is 0.339 e. The molecule has 7 nitrogen and oxygen atoms in total. The van der Waals surface area contributed by atoms with Gasteiger partial charge in [-0.2, -0.15) is 0 Å². The van der Waals surface area contributed by atoms with Crippen LogP contribution in [0.2, 0.25) is 0 Å². The number of Topliss-reactive ketones (excluding diaryl/α,β-unsaturated/α-hetero) is 1. The van der Waals surface area contributed by atoms with E-state index in [1.54, 1.807) is 24.3 Å². The van der Waals surface area contributed by atoms with E-state index in [9.17, 15) is 14.4 Å². The van der Waals surface area contributed by atoms with Crippen LogP contribution in [0.3, 0.4) is 0 Å². The van der Waals surface area contributed by atoms with Crippen LogP contribution in [-0.4, -0.2) is 24.3 Å². The number of rotatable bonds is 4. The van der Waals surface area contributed by atoms with Crippen molar-refractivity contribution in [2.75, 3.05) is 11.9 Å². The van der Waals surface area contributed by atoms with Crippen LogP contribution >= 0.6 is 0 Å². The van der Waals surface area contributed by atoms with Crippen molar-refractivity contribution in [1.82, 2.24) is 0 Å². The molecule has 1 aromatic rings. The number of carbonyl (C=O) groups is 3. The third-order valence-electron chi connectivity index (χ3n) is 5.44. The molecule has 0 unspecified atom stereocenters. The van der Waals surface area contributed by atoms with Crippen molar-refractivity contribution in [2.24, 2.45) is 5.73 Å². The quantitative estimate of drug-likeness (QED) is 0.608. The van der Waals surface area contributed by atoms with E-state index >= 15 is 0 Å². The summed E-state index contributed by atoms with van der Waals surface area (Å²) in [5.41, 5.74) is 5.74. The molecule has 2 aliphatic heterocycles. The first-order valence-corrected chi connectivity index (χ1v) is 9.54. The minimum absolute atomic E-state index is 0.00396. The van der Waals surface area contributed by atoms with E-state index in [0.717, 1.165) is 6.42 Å². The number of nitrogens with two attached hydrogens (primary N) is 1. The number of esters is 2. The zero-order chi connectivity index (χ0) is 19.9. The second kappa shape index (κ2) is 6.82. The van der Waals surface area contributed by atoms with E-state index in [1.165, 1.54) is 0 Å². The normalized spacial score (nSPS) is 23.3. The van der Waals surface area contributed by atoms with Crippen LogP contribution in [0.4, 0.5) is 5.69 Å². The molecule has 1 atom stereocenters. The summed E-state index contributed by atoms with van der Waals surface area (Å²) in [6.45, 7) is 2.19. The molecule has 1 aliphatic carbocycles. The van der Waals surface area contributed by atoms with E-state index in [-0.39, 0.29) is 29.4 Å². The summed E-state index contributed by atoms with van der Waals surface area (Å²) in [7, 11) is 0. The highest BCUT2D eigenvalue weighted by Gasteiger charge is 2.62. The number of nitrogens with one attached hydrogen (secondary N) is 1. The average Bonchev–Trinajstić information content (AvgIpc) is 2.96. The molecule has 0 amide bonds. The molecule has 0 fully saturated rings. The Balaban J connectivity index is 1.95. The van der Waals surface area contributed by atoms with Crippen molar-refractivity contribution in [1.29, 1.82) is 0 Å². The van der Waals surface area contributed by atoms with Crippen LogP contribution in [0.15, 0.2) is 47.0 Å². The summed E-state index contributed by atoms with van der Waals surface area (Å²) in [6, 6.07) is 7.01. The molecule has 3 aliphatic rings. The third-order valence-corrected chi connectivity index (χ3v) is 5.44. The van der Waals surface area contributed by atoms with Gasteiger partial charge in [0.1, 0.15) is 17.2 Å². The van der Waals surface area contributed by atoms with E-state index in [1.807, 2.05) is 6.92 Å². The predicted octanol–water partition coefficient (Wildman–Crippen LogP) is 2.43. The number of anilines is 1. The van der Waals surface area contributed by atoms with E-state index in [4.69, 9.17) is 15.2 Å².